The molecule has 0 heterocycles. The van der Waals surface area contributed by atoms with Gasteiger partial charge in [0, 0.05) is 0 Å². The molecule has 0 amide bonds. The molecule has 0 aliphatic carbocycles. The normalized spacial score (nSPS) is 14.8. The van der Waals surface area contributed by atoms with Crippen molar-refractivity contribution in [1.82, 2.24) is 16.9 Å². The summed E-state index contributed by atoms with van der Waals surface area (Å²) in [5.41, 5.74) is 0. The summed E-state index contributed by atoms with van der Waals surface area (Å²) < 4.78 is 14.5. The molecule has 0 aliphatic rings. The van der Waals surface area contributed by atoms with Gasteiger partial charge >= 0.3 is 168 Å². The Morgan fingerprint density at radius 1 is 0.308 bits per heavy atom. The van der Waals surface area contributed by atoms with Crippen LogP contribution in [-0.2, 0) is 16.6 Å². The molecule has 26 heavy (non-hydrogen) atoms. The van der Waals surface area contributed by atoms with E-state index in [1.807, 2.05) is 0 Å². The molecule has 0 bridgehead atoms. The summed E-state index contributed by atoms with van der Waals surface area (Å²) in [6, 6.07) is 0. The molecule has 0 atom stereocenters. The number of hydrogen-bond donors (Lipinski definition) is 0. The van der Waals surface area contributed by atoms with E-state index in [0.717, 1.165) is 65.4 Å². The predicted octanol–water partition coefficient (Wildman–Crippen LogP) is 3.96. The van der Waals surface area contributed by atoms with Crippen LogP contribution in [0.3, 0.4) is 0 Å². The summed E-state index contributed by atoms with van der Waals surface area (Å²) in [5, 5.41) is 0. The molecular weight excluding hydrogens is 358 g/mol. The molecule has 0 fully saturated rings. The van der Waals surface area contributed by atoms with E-state index in [2.05, 4.69) is 86.1 Å². The van der Waals surface area contributed by atoms with Crippen LogP contribution < -0.4 is 0 Å². The second-order valence-electron chi connectivity index (χ2n) is 6.86. The van der Waals surface area contributed by atoms with Gasteiger partial charge in [0.2, 0.25) is 0 Å². The van der Waals surface area contributed by atoms with E-state index in [4.69, 9.17) is 0 Å². The van der Waals surface area contributed by atoms with Gasteiger partial charge in [-0.05, 0) is 0 Å². The first-order valence-corrected chi connectivity index (χ1v) is 14.8. The molecule has 0 aliphatic heterocycles. The van der Waals surface area contributed by atoms with Crippen molar-refractivity contribution in [3.05, 3.63) is 0 Å². The first-order valence-electron chi connectivity index (χ1n) is 11.4. The van der Waals surface area contributed by atoms with Crippen LogP contribution in [0.25, 0.3) is 0 Å². The molecule has 0 radical (unpaired) electrons. The fourth-order valence-electron chi connectivity index (χ4n) is 5.95. The fraction of sp³-hybridized carbons (Fsp3) is 1.00. The van der Waals surface area contributed by atoms with Crippen molar-refractivity contribution in [1.29, 1.82) is 0 Å². The van der Waals surface area contributed by atoms with Crippen molar-refractivity contribution < 1.29 is 16.6 Å². The number of nitrogens with zero attached hydrogens (tertiary/aromatic N) is 5. The number of hydrogen-bond acceptors (Lipinski definition) is 5. The minimum atomic E-state index is -3.82. The van der Waals surface area contributed by atoms with Gasteiger partial charge in [0.05, 0.1) is 0 Å². The molecule has 0 aromatic heterocycles. The van der Waals surface area contributed by atoms with Crippen molar-refractivity contribution in [2.24, 2.45) is 0 Å². The second-order valence-corrected chi connectivity index (χ2v) is 14.9. The third kappa shape index (κ3) is 3.70. The molecule has 0 N–H and O–H groups in total. The zero-order chi connectivity index (χ0) is 20.4. The van der Waals surface area contributed by atoms with Crippen molar-refractivity contribution in [2.75, 3.05) is 65.4 Å². The zero-order valence-corrected chi connectivity index (χ0v) is 21.4. The van der Waals surface area contributed by atoms with Crippen LogP contribution in [0.2, 0.25) is 0 Å². The summed E-state index contributed by atoms with van der Waals surface area (Å²) in [5.74, 6) is 0. The maximum atomic E-state index is 2.90. The van der Waals surface area contributed by atoms with Crippen LogP contribution >= 0.6 is 0 Å². The molecule has 5 nitrogen and oxygen atoms in total. The Hall–Kier alpha value is 0.514. The topological polar surface area (TPSA) is 16.2 Å². The van der Waals surface area contributed by atoms with Crippen LogP contribution in [0.5, 0.6) is 0 Å². The van der Waals surface area contributed by atoms with Gasteiger partial charge in [0.25, 0.3) is 0 Å². The molecule has 0 saturated carbocycles. The second kappa shape index (κ2) is 12.2. The molecule has 0 saturated heterocycles. The molecule has 0 aromatic carbocycles. The van der Waals surface area contributed by atoms with Crippen molar-refractivity contribution in [3.8, 4) is 0 Å². The van der Waals surface area contributed by atoms with Crippen LogP contribution in [0.4, 0.5) is 0 Å². The van der Waals surface area contributed by atoms with Gasteiger partial charge in [-0.25, -0.2) is 0 Å². The summed E-state index contributed by atoms with van der Waals surface area (Å²) in [7, 11) is 0. The summed E-state index contributed by atoms with van der Waals surface area (Å²) in [6.07, 6.45) is 0. The maximum absolute atomic E-state index is 3.82. The molecule has 6 heteroatoms. The van der Waals surface area contributed by atoms with E-state index < -0.39 is 16.6 Å². The monoisotopic (exact) mass is 408 g/mol. The molecular formula is C20H50N5Ti. The van der Waals surface area contributed by atoms with Crippen molar-refractivity contribution >= 4 is 0 Å². The Morgan fingerprint density at radius 3 is 0.500 bits per heavy atom. The SMILES string of the molecule is CC[N](CC)[Ti]([N](CC)CC)([N](CC)CC)([N](CC)CC)[N](CC)CC. The Morgan fingerprint density at radius 2 is 0.423 bits per heavy atom. The summed E-state index contributed by atoms with van der Waals surface area (Å²) in [6.45, 7) is 34.7. The molecule has 0 aromatic rings. The van der Waals surface area contributed by atoms with E-state index in [1.54, 1.807) is 0 Å². The van der Waals surface area contributed by atoms with Gasteiger partial charge in [-0.1, -0.05) is 0 Å². The van der Waals surface area contributed by atoms with E-state index in [9.17, 15) is 0 Å². The van der Waals surface area contributed by atoms with Crippen LogP contribution in [0.1, 0.15) is 69.2 Å². The third-order valence-corrected chi connectivity index (χ3v) is 20.4. The Bertz CT molecular complexity index is 272. The quantitative estimate of drug-likeness (QED) is 0.380. The zero-order valence-electron chi connectivity index (χ0n) is 19.8. The summed E-state index contributed by atoms with van der Waals surface area (Å²) >= 11 is -3.82. The standard InChI is InChI=1S/5C4H10N.Ti/c5*1-3-5-4-2;/h5*3-4H2,1-2H3;/q5*-1;+5. The molecule has 159 valence electrons. The average molecular weight is 409 g/mol. The first kappa shape index (κ1) is 26.5. The van der Waals surface area contributed by atoms with Crippen LogP contribution in [0, 0.1) is 0 Å². The Balaban J connectivity index is 7.47. The van der Waals surface area contributed by atoms with E-state index in [0.29, 0.717) is 0 Å². The van der Waals surface area contributed by atoms with Gasteiger partial charge < -0.3 is 0 Å². The van der Waals surface area contributed by atoms with E-state index >= 15 is 0 Å². The van der Waals surface area contributed by atoms with Gasteiger partial charge in [0.15, 0.2) is 0 Å². The third-order valence-electron chi connectivity index (χ3n) is 6.65. The van der Waals surface area contributed by atoms with E-state index in [-0.39, 0.29) is 0 Å². The fourth-order valence-corrected chi connectivity index (χ4v) is 21.0. The van der Waals surface area contributed by atoms with Crippen LogP contribution in [-0.4, -0.2) is 82.4 Å². The van der Waals surface area contributed by atoms with Crippen LogP contribution in [0.15, 0.2) is 0 Å². The van der Waals surface area contributed by atoms with Crippen molar-refractivity contribution in [2.45, 2.75) is 69.2 Å². The molecule has 0 rings (SSSR count). The van der Waals surface area contributed by atoms with E-state index in [1.165, 1.54) is 0 Å². The van der Waals surface area contributed by atoms with Gasteiger partial charge in [0.1, 0.15) is 0 Å². The van der Waals surface area contributed by atoms with Gasteiger partial charge in [-0.3, -0.25) is 0 Å². The Kier molecular flexibility index (Phi) is 12.4. The van der Waals surface area contributed by atoms with Gasteiger partial charge in [-0.2, -0.15) is 0 Å². The summed E-state index contributed by atoms with van der Waals surface area (Å²) in [4.78, 5) is 0. The van der Waals surface area contributed by atoms with Crippen molar-refractivity contribution in [3.63, 3.8) is 0 Å². The number of rotatable bonds is 15. The molecule has 0 unspecified atom stereocenters. The Labute approximate surface area is 168 Å². The molecule has 0 spiro atoms. The van der Waals surface area contributed by atoms with Gasteiger partial charge in [-0.15, -0.1) is 0 Å². The minimum absolute atomic E-state index is 1.10. The predicted molar refractivity (Wildman–Crippen MR) is 115 cm³/mol. The first-order chi connectivity index (χ1) is 12.4. The average Bonchev–Trinajstić information content (AvgIpc) is 2.66.